The summed E-state index contributed by atoms with van der Waals surface area (Å²) < 4.78 is 5.93. The quantitative estimate of drug-likeness (QED) is 0.0796. The molecule has 4 saturated carbocycles. The van der Waals surface area contributed by atoms with Crippen molar-refractivity contribution >= 4 is 29.6 Å². The predicted molar refractivity (Wildman–Crippen MR) is 216 cm³/mol. The maximum atomic E-state index is 13.9. The topological polar surface area (TPSA) is 95.5 Å². The second kappa shape index (κ2) is 17.3. The molecule has 6 nitrogen and oxygen atoms in total. The summed E-state index contributed by atoms with van der Waals surface area (Å²) >= 11 is 1.90. The summed E-state index contributed by atoms with van der Waals surface area (Å²) in [7, 11) is 0. The molecule has 54 heavy (non-hydrogen) atoms. The smallest absolute Gasteiger partial charge is 0.545 e. The van der Waals surface area contributed by atoms with Gasteiger partial charge in [-0.1, -0.05) is 83.4 Å². The molecule has 0 aliphatic heterocycles. The van der Waals surface area contributed by atoms with Crippen LogP contribution in [0.4, 0.5) is 0 Å². The number of carboxylic acids is 1. The van der Waals surface area contributed by atoms with Gasteiger partial charge in [-0.3, -0.25) is 4.79 Å². The Kier molecular flexibility index (Phi) is 14.5. The van der Waals surface area contributed by atoms with Crippen molar-refractivity contribution in [2.45, 2.75) is 152 Å². The molecule has 296 valence electrons. The first kappa shape index (κ1) is 45.4. The van der Waals surface area contributed by atoms with Crippen molar-refractivity contribution in [1.82, 2.24) is 5.32 Å². The third kappa shape index (κ3) is 8.75. The molecule has 8 heteroatoms. The zero-order chi connectivity index (χ0) is 39.0. The van der Waals surface area contributed by atoms with Gasteiger partial charge in [0.15, 0.2) is 0 Å². The molecule has 0 aromatic rings. The maximum absolute atomic E-state index is 13.9. The van der Waals surface area contributed by atoms with Crippen molar-refractivity contribution < 1.29 is 53.8 Å². The number of thioether (sulfide) groups is 1. The minimum Gasteiger partial charge on any atom is -0.545 e. The molecule has 0 heterocycles. The van der Waals surface area contributed by atoms with E-state index in [-0.39, 0.29) is 74.1 Å². The first-order valence-corrected chi connectivity index (χ1v) is 21.8. The third-order valence-electron chi connectivity index (χ3n) is 16.1. The van der Waals surface area contributed by atoms with Gasteiger partial charge < -0.3 is 20.0 Å². The van der Waals surface area contributed by atoms with E-state index < -0.39 is 11.9 Å². The van der Waals surface area contributed by atoms with E-state index in [1.54, 1.807) is 5.57 Å². The van der Waals surface area contributed by atoms with Gasteiger partial charge in [0, 0.05) is 35.0 Å². The molecule has 0 aromatic carbocycles. The number of allylic oxidation sites excluding steroid dienone is 5. The second-order valence-electron chi connectivity index (χ2n) is 19.9. The summed E-state index contributed by atoms with van der Waals surface area (Å²) in [5.41, 5.74) is 4.45. The summed E-state index contributed by atoms with van der Waals surface area (Å²) in [6.45, 7) is 24.2. The summed E-state index contributed by atoms with van der Waals surface area (Å²) in [5, 5.41) is 14.3. The largest absolute Gasteiger partial charge is 1.00 e. The molecule has 4 fully saturated rings. The van der Waals surface area contributed by atoms with Crippen LogP contribution in [0.3, 0.4) is 0 Å². The van der Waals surface area contributed by atoms with Crippen LogP contribution >= 0.6 is 11.8 Å². The molecule has 5 aliphatic rings. The number of nitrogens with one attached hydrogen (secondary N) is 1. The molecule has 5 aliphatic carbocycles. The Labute approximate surface area is 354 Å². The predicted octanol–water partition coefficient (Wildman–Crippen LogP) is 6.55. The van der Waals surface area contributed by atoms with Crippen molar-refractivity contribution in [1.29, 1.82) is 0 Å². The van der Waals surface area contributed by atoms with Crippen molar-refractivity contribution in [3.63, 3.8) is 0 Å². The fourth-order valence-electron chi connectivity index (χ4n) is 12.5. The van der Waals surface area contributed by atoms with E-state index in [4.69, 9.17) is 4.74 Å². The van der Waals surface area contributed by atoms with Gasteiger partial charge in [-0.15, -0.1) is 0 Å². The SMILES string of the molecule is CC(C)=CCCC(C)=CCSCCNC(=O)C1(C)CC[C@]2(C)CC[C@]3(C)C(=CCC4[C@@]5(C)CC[C@H](OC(=O)/C=C\C(=O)[O-])C(C)(C)[C@H]5CC[C@]43C)[C@@H]2C1.[Na+]. The van der Waals surface area contributed by atoms with E-state index in [9.17, 15) is 19.5 Å². The molecule has 2 unspecified atom stereocenters. The summed E-state index contributed by atoms with van der Waals surface area (Å²) in [6, 6.07) is 0. The maximum Gasteiger partial charge on any atom is 1.00 e. The Balaban J connectivity index is 0.00000650. The average molecular weight is 772 g/mol. The van der Waals surface area contributed by atoms with Crippen molar-refractivity contribution in [3.05, 3.63) is 47.1 Å². The van der Waals surface area contributed by atoms with Crippen LogP contribution in [0.1, 0.15) is 146 Å². The molecule has 0 bridgehead atoms. The molecule has 0 radical (unpaired) electrons. The number of amides is 1. The number of carboxylic acid groups (broad SMARTS) is 1. The molecule has 1 N–H and O–H groups in total. The number of hydrogen-bond acceptors (Lipinski definition) is 6. The number of esters is 1. The monoisotopic (exact) mass is 771 g/mol. The van der Waals surface area contributed by atoms with Gasteiger partial charge in [0.05, 0.1) is 5.97 Å². The minimum absolute atomic E-state index is 0. The number of aliphatic carboxylic acids is 1. The minimum atomic E-state index is -1.39. The molecular formula is C46H70NNaO5S. The van der Waals surface area contributed by atoms with Gasteiger partial charge in [-0.05, 0) is 143 Å². The van der Waals surface area contributed by atoms with E-state index in [0.717, 1.165) is 94.4 Å². The fraction of sp³-hybridized carbons (Fsp3) is 0.761. The third-order valence-corrected chi connectivity index (χ3v) is 17.0. The second-order valence-corrected chi connectivity index (χ2v) is 21.1. The Bertz CT molecular complexity index is 1540. The number of fused-ring (bicyclic) bond motifs is 7. The number of carbonyl (C=O) groups excluding carboxylic acids is 3. The molecule has 0 saturated heterocycles. The molecule has 0 aromatic heterocycles. The Hall–Kier alpha value is -1.28. The molecule has 0 spiro atoms. The van der Waals surface area contributed by atoms with Crippen LogP contribution in [-0.4, -0.2) is 42.0 Å². The van der Waals surface area contributed by atoms with E-state index in [2.05, 4.69) is 92.8 Å². The van der Waals surface area contributed by atoms with Crippen LogP contribution in [0.25, 0.3) is 0 Å². The Morgan fingerprint density at radius 3 is 2.30 bits per heavy atom. The first-order valence-electron chi connectivity index (χ1n) is 20.7. The van der Waals surface area contributed by atoms with Crippen molar-refractivity contribution in [3.8, 4) is 0 Å². The number of rotatable bonds is 12. The average Bonchev–Trinajstić information content (AvgIpc) is 3.07. The van der Waals surface area contributed by atoms with E-state index >= 15 is 0 Å². The van der Waals surface area contributed by atoms with Crippen LogP contribution in [0.2, 0.25) is 0 Å². The molecule has 9 atom stereocenters. The summed E-state index contributed by atoms with van der Waals surface area (Å²) in [6.07, 6.45) is 21.5. The van der Waals surface area contributed by atoms with Crippen LogP contribution in [0, 0.1) is 50.2 Å². The number of ether oxygens (including phenoxy) is 1. The van der Waals surface area contributed by atoms with Crippen molar-refractivity contribution in [2.75, 3.05) is 18.1 Å². The van der Waals surface area contributed by atoms with Gasteiger partial charge in [0.1, 0.15) is 6.10 Å². The Morgan fingerprint density at radius 2 is 1.61 bits per heavy atom. The standard InChI is InChI=1S/C46H71NO5S.Na/c1-31(2)12-11-13-32(3)20-28-53-29-27-47-40(51)43(7)24-23-42(6)25-26-45(9)33(34(42)30-43)14-15-36-44(8)21-19-37(52-39(50)17-16-38(48)49)41(4,5)35(44)18-22-46(36,45)10;/h12,14,16-17,20,34-37H,11,13,15,18-19,21-30H2,1-10H3,(H,47,51)(H,48,49);/q;+1/p-1/b17-16-,32-20?;/t34-,35+,36?,37-,42+,43?,44-,45+,46+;/m0./s1. The molecule has 1 amide bonds. The normalized spacial score (nSPS) is 38.3. The van der Waals surface area contributed by atoms with Crippen LogP contribution in [0.15, 0.2) is 47.1 Å². The number of carbonyl (C=O) groups is 3. The Morgan fingerprint density at radius 1 is 0.907 bits per heavy atom. The van der Waals surface area contributed by atoms with Gasteiger partial charge in [-0.2, -0.15) is 11.8 Å². The fourth-order valence-corrected chi connectivity index (χ4v) is 13.3. The van der Waals surface area contributed by atoms with E-state index in [1.165, 1.54) is 24.0 Å². The molecular weight excluding hydrogens is 702 g/mol. The van der Waals surface area contributed by atoms with E-state index in [1.807, 2.05) is 11.8 Å². The zero-order valence-electron chi connectivity index (χ0n) is 35.8. The van der Waals surface area contributed by atoms with Gasteiger partial charge in [0.2, 0.25) is 5.91 Å². The van der Waals surface area contributed by atoms with Crippen LogP contribution in [0.5, 0.6) is 0 Å². The summed E-state index contributed by atoms with van der Waals surface area (Å²) in [5.74, 6) is 1.51. The van der Waals surface area contributed by atoms with Gasteiger partial charge in [0.25, 0.3) is 0 Å². The van der Waals surface area contributed by atoms with Crippen LogP contribution in [-0.2, 0) is 19.1 Å². The molecule has 5 rings (SSSR count). The number of hydrogen-bond donors (Lipinski definition) is 1. The first-order chi connectivity index (χ1) is 24.7. The van der Waals surface area contributed by atoms with Crippen LogP contribution < -0.4 is 40.0 Å². The summed E-state index contributed by atoms with van der Waals surface area (Å²) in [4.78, 5) is 37.4. The van der Waals surface area contributed by atoms with Gasteiger partial charge in [-0.25, -0.2) is 4.79 Å². The van der Waals surface area contributed by atoms with Crippen molar-refractivity contribution in [2.24, 2.45) is 50.2 Å². The zero-order valence-corrected chi connectivity index (χ0v) is 38.6. The van der Waals surface area contributed by atoms with Gasteiger partial charge >= 0.3 is 35.5 Å². The van der Waals surface area contributed by atoms with E-state index in [0.29, 0.717) is 17.8 Å².